The summed E-state index contributed by atoms with van der Waals surface area (Å²) in [5, 5.41) is 5.15. The number of methoxy groups -OCH3 is 2. The monoisotopic (exact) mass is 557 g/mol. The number of hydrogen-bond donors (Lipinski definition) is 0. The zero-order chi connectivity index (χ0) is 29.7. The Balaban J connectivity index is 1.92. The van der Waals surface area contributed by atoms with E-state index in [9.17, 15) is 4.79 Å². The first-order chi connectivity index (χ1) is 19.7. The molecule has 0 spiro atoms. The van der Waals surface area contributed by atoms with Crippen LogP contribution in [0.2, 0.25) is 0 Å². The molecule has 216 valence electrons. The molecule has 0 unspecified atom stereocenters. The van der Waals surface area contributed by atoms with Crippen LogP contribution in [0.3, 0.4) is 0 Å². The van der Waals surface area contributed by atoms with Crippen LogP contribution in [0.25, 0.3) is 22.3 Å². The third-order valence-corrected chi connectivity index (χ3v) is 6.97. The number of nitrogens with zero attached hydrogens (tertiary/aromatic N) is 3. The van der Waals surface area contributed by atoms with Gasteiger partial charge in [0, 0.05) is 11.1 Å². The molecular formula is C33H39N3O5. The number of hydrogen-bond acceptors (Lipinski definition) is 7. The normalized spacial score (nSPS) is 12.2. The van der Waals surface area contributed by atoms with Crippen LogP contribution in [-0.4, -0.2) is 42.8 Å². The van der Waals surface area contributed by atoms with Crippen LogP contribution >= 0.6 is 0 Å². The minimum absolute atomic E-state index is 0.0183. The maximum absolute atomic E-state index is 13.8. The van der Waals surface area contributed by atoms with Crippen LogP contribution in [-0.2, 0) is 0 Å². The third kappa shape index (κ3) is 6.21. The van der Waals surface area contributed by atoms with Crippen molar-refractivity contribution in [2.45, 2.75) is 60.0 Å². The van der Waals surface area contributed by atoms with Crippen LogP contribution in [0.5, 0.6) is 23.0 Å². The second-order valence-electron chi connectivity index (χ2n) is 10.2. The summed E-state index contributed by atoms with van der Waals surface area (Å²) >= 11 is 0. The van der Waals surface area contributed by atoms with Gasteiger partial charge in [0.2, 0.25) is 5.75 Å². The molecule has 0 amide bonds. The number of para-hydroxylation sites is 1. The summed E-state index contributed by atoms with van der Waals surface area (Å²) < 4.78 is 24.6. The molecule has 0 N–H and O–H groups in total. The topological polar surface area (TPSA) is 84.2 Å². The van der Waals surface area contributed by atoms with Crippen LogP contribution in [0.4, 0.5) is 0 Å². The first-order valence-electron chi connectivity index (χ1n) is 14.0. The van der Waals surface area contributed by atoms with Crippen LogP contribution in [0, 0.1) is 6.92 Å². The second-order valence-corrected chi connectivity index (χ2v) is 10.2. The van der Waals surface area contributed by atoms with E-state index in [1.807, 2.05) is 64.1 Å². The lowest BCUT2D eigenvalue weighted by Crippen LogP contribution is -2.21. The lowest BCUT2D eigenvalue weighted by molar-refractivity contribution is 0.198. The molecule has 8 heteroatoms. The third-order valence-electron chi connectivity index (χ3n) is 6.97. The molecule has 3 aromatic carbocycles. The fraction of sp³-hybridized carbons (Fsp3) is 0.364. The highest BCUT2D eigenvalue weighted by Crippen LogP contribution is 2.39. The van der Waals surface area contributed by atoms with Crippen molar-refractivity contribution in [2.24, 2.45) is 5.10 Å². The lowest BCUT2D eigenvalue weighted by Gasteiger charge is -2.19. The molecule has 1 aromatic heterocycles. The average molecular weight is 558 g/mol. The highest BCUT2D eigenvalue weighted by atomic mass is 16.5. The Morgan fingerprint density at radius 3 is 2.27 bits per heavy atom. The number of rotatable bonds is 11. The van der Waals surface area contributed by atoms with Crippen molar-refractivity contribution < 1.29 is 18.9 Å². The Labute approximate surface area is 241 Å². The van der Waals surface area contributed by atoms with E-state index in [1.165, 1.54) is 4.68 Å². The predicted octanol–water partition coefficient (Wildman–Crippen LogP) is 6.97. The summed E-state index contributed by atoms with van der Waals surface area (Å²) in [6.45, 7) is 12.8. The van der Waals surface area contributed by atoms with E-state index in [4.69, 9.17) is 23.9 Å². The van der Waals surface area contributed by atoms with Gasteiger partial charge in [-0.25, -0.2) is 4.98 Å². The van der Waals surface area contributed by atoms with E-state index in [0.717, 1.165) is 28.9 Å². The number of ether oxygens (including phenoxy) is 4. The smallest absolute Gasteiger partial charge is 0.282 e. The standard InChI is InChI=1S/C33H39N3O5/c1-9-22(6)41-31-29(38-7)16-23(17-30(31)39-8)19-34-36-32(35-27-14-12-11-13-24(27)33(36)37)26-18-25(20(3)4)28(40-10-2)15-21(26)5/h11-20,22H,9-10H2,1-8H3/t22-/m0/s1. The van der Waals surface area contributed by atoms with Gasteiger partial charge in [0.15, 0.2) is 17.3 Å². The van der Waals surface area contributed by atoms with Gasteiger partial charge in [0.25, 0.3) is 5.56 Å². The van der Waals surface area contributed by atoms with Crippen LogP contribution in [0.1, 0.15) is 63.6 Å². The van der Waals surface area contributed by atoms with Gasteiger partial charge in [-0.05, 0) is 80.6 Å². The molecule has 4 aromatic rings. The van der Waals surface area contributed by atoms with E-state index < -0.39 is 0 Å². The van der Waals surface area contributed by atoms with Gasteiger partial charge in [0.1, 0.15) is 5.75 Å². The van der Waals surface area contributed by atoms with Gasteiger partial charge in [0.05, 0.1) is 44.0 Å². The second kappa shape index (κ2) is 12.9. The van der Waals surface area contributed by atoms with Crippen molar-refractivity contribution in [3.63, 3.8) is 0 Å². The minimum atomic E-state index is -0.267. The quantitative estimate of drug-likeness (QED) is 0.185. The van der Waals surface area contributed by atoms with Crippen LogP contribution in [0.15, 0.2) is 58.4 Å². The largest absolute Gasteiger partial charge is 0.494 e. The molecule has 0 aliphatic heterocycles. The molecule has 0 fully saturated rings. The molecule has 8 nitrogen and oxygen atoms in total. The van der Waals surface area contributed by atoms with Crippen LogP contribution < -0.4 is 24.5 Å². The van der Waals surface area contributed by atoms with E-state index in [2.05, 4.69) is 25.0 Å². The van der Waals surface area contributed by atoms with Gasteiger partial charge < -0.3 is 18.9 Å². The fourth-order valence-corrected chi connectivity index (χ4v) is 4.58. The summed E-state index contributed by atoms with van der Waals surface area (Å²) in [7, 11) is 3.16. The number of aryl methyl sites for hydroxylation is 1. The van der Waals surface area contributed by atoms with Crippen molar-refractivity contribution in [2.75, 3.05) is 20.8 Å². The molecule has 0 radical (unpaired) electrons. The molecule has 0 aliphatic carbocycles. The summed E-state index contributed by atoms with van der Waals surface area (Å²) in [4.78, 5) is 18.7. The summed E-state index contributed by atoms with van der Waals surface area (Å²) in [5.41, 5.74) is 3.79. The van der Waals surface area contributed by atoms with Gasteiger partial charge >= 0.3 is 0 Å². The van der Waals surface area contributed by atoms with Crippen molar-refractivity contribution >= 4 is 17.1 Å². The van der Waals surface area contributed by atoms with Crippen molar-refractivity contribution in [1.82, 2.24) is 9.66 Å². The van der Waals surface area contributed by atoms with Crippen molar-refractivity contribution in [3.05, 3.63) is 75.6 Å². The average Bonchev–Trinajstić information content (AvgIpc) is 2.97. The van der Waals surface area contributed by atoms with Gasteiger partial charge in [-0.3, -0.25) is 4.79 Å². The first-order valence-corrected chi connectivity index (χ1v) is 14.0. The van der Waals surface area contributed by atoms with E-state index in [1.54, 1.807) is 26.5 Å². The molecule has 0 saturated carbocycles. The molecule has 1 heterocycles. The Bertz CT molecular complexity index is 1600. The van der Waals surface area contributed by atoms with E-state index >= 15 is 0 Å². The summed E-state index contributed by atoms with van der Waals surface area (Å²) in [5.74, 6) is 3.04. The Kier molecular flexibility index (Phi) is 9.32. The summed E-state index contributed by atoms with van der Waals surface area (Å²) in [6, 6.07) is 15.0. The maximum Gasteiger partial charge on any atom is 0.282 e. The number of aromatic nitrogens is 2. The Hall–Kier alpha value is -4.33. The number of benzene rings is 3. The zero-order valence-electron chi connectivity index (χ0n) is 25.1. The molecule has 0 bridgehead atoms. The molecule has 0 aliphatic rings. The highest BCUT2D eigenvalue weighted by Gasteiger charge is 2.19. The Morgan fingerprint density at radius 2 is 1.66 bits per heavy atom. The van der Waals surface area contributed by atoms with Crippen molar-refractivity contribution in [3.8, 4) is 34.4 Å². The fourth-order valence-electron chi connectivity index (χ4n) is 4.58. The molecule has 4 rings (SSSR count). The summed E-state index contributed by atoms with van der Waals surface area (Å²) in [6.07, 6.45) is 2.42. The van der Waals surface area contributed by atoms with Gasteiger partial charge in [-0.1, -0.05) is 32.9 Å². The SMILES string of the molecule is CCOc1cc(C)c(-c2nc3ccccc3c(=O)n2N=Cc2cc(OC)c(O[C@@H](C)CC)c(OC)c2)cc1C(C)C. The molecule has 0 saturated heterocycles. The number of fused-ring (bicyclic) bond motifs is 1. The Morgan fingerprint density at radius 1 is 0.976 bits per heavy atom. The zero-order valence-corrected chi connectivity index (χ0v) is 25.1. The van der Waals surface area contributed by atoms with E-state index in [0.29, 0.717) is 46.1 Å². The van der Waals surface area contributed by atoms with Gasteiger partial charge in [-0.15, -0.1) is 0 Å². The molecule has 1 atom stereocenters. The first kappa shape index (κ1) is 29.6. The van der Waals surface area contributed by atoms with Crippen molar-refractivity contribution in [1.29, 1.82) is 0 Å². The molecule has 41 heavy (non-hydrogen) atoms. The van der Waals surface area contributed by atoms with E-state index in [-0.39, 0.29) is 17.6 Å². The predicted molar refractivity (Wildman–Crippen MR) is 164 cm³/mol. The lowest BCUT2D eigenvalue weighted by atomic mass is 9.96. The minimum Gasteiger partial charge on any atom is -0.494 e. The highest BCUT2D eigenvalue weighted by molar-refractivity contribution is 5.84. The maximum atomic E-state index is 13.8. The van der Waals surface area contributed by atoms with Gasteiger partial charge in [-0.2, -0.15) is 9.78 Å². The molecular weight excluding hydrogens is 518 g/mol.